The van der Waals surface area contributed by atoms with E-state index in [0.717, 1.165) is 5.56 Å². The van der Waals surface area contributed by atoms with E-state index in [1.807, 2.05) is 12.1 Å². The van der Waals surface area contributed by atoms with E-state index in [-0.39, 0.29) is 5.56 Å². The van der Waals surface area contributed by atoms with Crippen molar-refractivity contribution in [3.63, 3.8) is 0 Å². The molecule has 0 amide bonds. The third kappa shape index (κ3) is 4.08. The summed E-state index contributed by atoms with van der Waals surface area (Å²) in [6.07, 6.45) is 1.78. The lowest BCUT2D eigenvalue weighted by atomic mass is 10.1. The Kier molecular flexibility index (Phi) is 5.12. The van der Waals surface area contributed by atoms with Gasteiger partial charge in [-0.1, -0.05) is 12.1 Å². The van der Waals surface area contributed by atoms with Gasteiger partial charge in [0.25, 0.3) is 5.56 Å². The number of nitriles is 1. The number of hydrogen-bond donors (Lipinski definition) is 2. The minimum Gasteiger partial charge on any atom is -0.482 e. The Balaban J connectivity index is 2.31. The third-order valence-corrected chi connectivity index (χ3v) is 3.19. The molecule has 0 fully saturated rings. The number of benzene rings is 1. The van der Waals surface area contributed by atoms with Gasteiger partial charge in [-0.3, -0.25) is 4.79 Å². The van der Waals surface area contributed by atoms with Gasteiger partial charge in [0.05, 0.1) is 5.69 Å². The number of allylic oxidation sites excluding steroid dienone is 1. The minimum atomic E-state index is -1.05. The van der Waals surface area contributed by atoms with Crippen LogP contribution in [0.15, 0.2) is 29.1 Å². The van der Waals surface area contributed by atoms with Crippen LogP contribution in [0.2, 0.25) is 0 Å². The molecule has 2 aromatic rings. The molecule has 0 unspecified atom stereocenters. The zero-order valence-corrected chi connectivity index (χ0v) is 13.2. The van der Waals surface area contributed by atoms with Gasteiger partial charge in [-0.15, -0.1) is 0 Å². The Morgan fingerprint density at radius 1 is 1.50 bits per heavy atom. The van der Waals surface area contributed by atoms with Crippen molar-refractivity contribution in [1.29, 1.82) is 5.26 Å². The van der Waals surface area contributed by atoms with E-state index in [1.54, 1.807) is 38.1 Å². The van der Waals surface area contributed by atoms with Gasteiger partial charge in [0.2, 0.25) is 0 Å². The van der Waals surface area contributed by atoms with E-state index in [2.05, 4.69) is 9.97 Å². The number of nitrogens with zero attached hydrogens (tertiary/aromatic N) is 2. The molecule has 0 aliphatic heterocycles. The molecule has 0 aliphatic rings. The summed E-state index contributed by atoms with van der Waals surface area (Å²) in [7, 11) is 0. The van der Waals surface area contributed by atoms with Gasteiger partial charge >= 0.3 is 5.97 Å². The Labute approximate surface area is 137 Å². The van der Waals surface area contributed by atoms with Crippen molar-refractivity contribution in [2.45, 2.75) is 13.8 Å². The number of rotatable bonds is 5. The van der Waals surface area contributed by atoms with Crippen molar-refractivity contribution in [3.8, 4) is 11.8 Å². The standard InChI is InChI=1S/C17H15N3O4/c1-10(16-19-11(2)14(8-18)17(23)20-16)6-12-4-3-5-13(7-12)24-9-15(21)22/h3-7H,9H2,1-2H3,(H,21,22)(H,19,20,23)/b10-6+. The summed E-state index contributed by atoms with van der Waals surface area (Å²) in [5.41, 5.74) is 1.33. The second kappa shape index (κ2) is 7.24. The lowest BCUT2D eigenvalue weighted by Gasteiger charge is -2.06. The van der Waals surface area contributed by atoms with Crippen molar-refractivity contribution >= 4 is 17.6 Å². The topological polar surface area (TPSA) is 116 Å². The quantitative estimate of drug-likeness (QED) is 0.868. The fourth-order valence-electron chi connectivity index (χ4n) is 2.06. The first-order chi connectivity index (χ1) is 11.4. The molecular formula is C17H15N3O4. The molecule has 1 aromatic carbocycles. The fourth-order valence-corrected chi connectivity index (χ4v) is 2.06. The van der Waals surface area contributed by atoms with Crippen molar-refractivity contribution in [2.75, 3.05) is 6.61 Å². The number of carbonyl (C=O) groups is 1. The zero-order chi connectivity index (χ0) is 17.7. The van der Waals surface area contributed by atoms with Crippen LogP contribution in [0.5, 0.6) is 5.75 Å². The van der Waals surface area contributed by atoms with Crippen LogP contribution in [0.25, 0.3) is 11.6 Å². The van der Waals surface area contributed by atoms with Gasteiger partial charge in [0.15, 0.2) is 6.61 Å². The highest BCUT2D eigenvalue weighted by Crippen LogP contribution is 2.18. The van der Waals surface area contributed by atoms with Crippen molar-refractivity contribution in [2.24, 2.45) is 0 Å². The van der Waals surface area contributed by atoms with Gasteiger partial charge < -0.3 is 14.8 Å². The van der Waals surface area contributed by atoms with Crippen molar-refractivity contribution < 1.29 is 14.6 Å². The van der Waals surface area contributed by atoms with E-state index in [0.29, 0.717) is 22.8 Å². The molecule has 122 valence electrons. The molecule has 0 atom stereocenters. The Bertz CT molecular complexity index is 907. The number of aryl methyl sites for hydroxylation is 1. The average molecular weight is 325 g/mol. The second-order valence-corrected chi connectivity index (χ2v) is 5.07. The summed E-state index contributed by atoms with van der Waals surface area (Å²) in [6.45, 7) is 2.95. The predicted molar refractivity (Wildman–Crippen MR) is 87.4 cm³/mol. The third-order valence-electron chi connectivity index (χ3n) is 3.19. The molecule has 24 heavy (non-hydrogen) atoms. The van der Waals surface area contributed by atoms with Crippen LogP contribution in [0.3, 0.4) is 0 Å². The lowest BCUT2D eigenvalue weighted by molar-refractivity contribution is -0.139. The molecule has 0 bridgehead atoms. The number of aliphatic carboxylic acids is 1. The maximum absolute atomic E-state index is 11.8. The van der Waals surface area contributed by atoms with Crippen LogP contribution in [-0.2, 0) is 4.79 Å². The molecular weight excluding hydrogens is 310 g/mol. The maximum Gasteiger partial charge on any atom is 0.341 e. The second-order valence-electron chi connectivity index (χ2n) is 5.07. The number of aromatic amines is 1. The molecule has 0 saturated carbocycles. The molecule has 0 saturated heterocycles. The van der Waals surface area contributed by atoms with Crippen LogP contribution in [0, 0.1) is 18.3 Å². The number of carboxylic acid groups (broad SMARTS) is 1. The Morgan fingerprint density at radius 3 is 2.88 bits per heavy atom. The number of aromatic nitrogens is 2. The van der Waals surface area contributed by atoms with E-state index in [4.69, 9.17) is 15.1 Å². The Hall–Kier alpha value is -3.40. The van der Waals surface area contributed by atoms with Crippen LogP contribution in [-0.4, -0.2) is 27.7 Å². The van der Waals surface area contributed by atoms with Crippen molar-refractivity contribution in [1.82, 2.24) is 9.97 Å². The lowest BCUT2D eigenvalue weighted by Crippen LogP contribution is -2.16. The first kappa shape index (κ1) is 17.0. The Morgan fingerprint density at radius 2 is 2.25 bits per heavy atom. The average Bonchev–Trinajstić information content (AvgIpc) is 2.53. The smallest absolute Gasteiger partial charge is 0.341 e. The number of H-pyrrole nitrogens is 1. The molecule has 2 rings (SSSR count). The first-order valence-electron chi connectivity index (χ1n) is 7.05. The summed E-state index contributed by atoms with van der Waals surface area (Å²) in [4.78, 5) is 29.2. The predicted octanol–water partition coefficient (Wildman–Crippen LogP) is 1.97. The zero-order valence-electron chi connectivity index (χ0n) is 13.2. The summed E-state index contributed by atoms with van der Waals surface area (Å²) in [5, 5.41) is 17.5. The monoisotopic (exact) mass is 325 g/mol. The number of nitrogens with one attached hydrogen (secondary N) is 1. The molecule has 1 aromatic heterocycles. The highest BCUT2D eigenvalue weighted by Gasteiger charge is 2.08. The SMILES string of the molecule is C/C(=C\c1cccc(OCC(=O)O)c1)c1nc(C)c(C#N)c(=O)[nH]1. The first-order valence-corrected chi connectivity index (χ1v) is 7.05. The fraction of sp³-hybridized carbons (Fsp3) is 0.176. The number of ether oxygens (including phenoxy) is 1. The molecule has 2 N–H and O–H groups in total. The molecule has 1 heterocycles. The summed E-state index contributed by atoms with van der Waals surface area (Å²) >= 11 is 0. The molecule has 0 spiro atoms. The molecule has 0 aliphatic carbocycles. The summed E-state index contributed by atoms with van der Waals surface area (Å²) in [5.74, 6) is -0.258. The highest BCUT2D eigenvalue weighted by molar-refractivity contribution is 5.77. The van der Waals surface area contributed by atoms with E-state index in [1.165, 1.54) is 0 Å². The van der Waals surface area contributed by atoms with Gasteiger partial charge in [-0.25, -0.2) is 9.78 Å². The van der Waals surface area contributed by atoms with Gasteiger partial charge in [-0.2, -0.15) is 5.26 Å². The summed E-state index contributed by atoms with van der Waals surface area (Å²) < 4.78 is 5.13. The van der Waals surface area contributed by atoms with Gasteiger partial charge in [-0.05, 0) is 43.2 Å². The summed E-state index contributed by atoms with van der Waals surface area (Å²) in [6, 6.07) is 8.70. The van der Waals surface area contributed by atoms with Crippen LogP contribution < -0.4 is 10.3 Å². The van der Waals surface area contributed by atoms with Crippen molar-refractivity contribution in [3.05, 3.63) is 57.3 Å². The molecule has 7 nitrogen and oxygen atoms in total. The largest absolute Gasteiger partial charge is 0.482 e. The normalized spacial score (nSPS) is 11.0. The molecule has 0 radical (unpaired) electrons. The molecule has 7 heteroatoms. The van der Waals surface area contributed by atoms with E-state index >= 15 is 0 Å². The van der Waals surface area contributed by atoms with Crippen LogP contribution >= 0.6 is 0 Å². The van der Waals surface area contributed by atoms with Crippen LogP contribution in [0.1, 0.15) is 29.6 Å². The van der Waals surface area contributed by atoms with E-state index in [9.17, 15) is 9.59 Å². The van der Waals surface area contributed by atoms with Crippen LogP contribution in [0.4, 0.5) is 0 Å². The maximum atomic E-state index is 11.8. The van der Waals surface area contributed by atoms with Gasteiger partial charge in [0, 0.05) is 0 Å². The van der Waals surface area contributed by atoms with E-state index < -0.39 is 18.1 Å². The highest BCUT2D eigenvalue weighted by atomic mass is 16.5. The number of hydrogen-bond acceptors (Lipinski definition) is 5. The minimum absolute atomic E-state index is 0.00406. The van der Waals surface area contributed by atoms with Gasteiger partial charge in [0.1, 0.15) is 23.2 Å². The number of carboxylic acids is 1.